The molecule has 1 aliphatic heterocycles. The van der Waals surface area contributed by atoms with Crippen molar-refractivity contribution < 1.29 is 13.5 Å². The molecule has 0 aromatic carbocycles. The molecule has 5 nitrogen and oxygen atoms in total. The number of ether oxygens (including phenoxy) is 1. The van der Waals surface area contributed by atoms with E-state index in [9.17, 15) is 18.4 Å². The highest BCUT2D eigenvalue weighted by atomic mass is 19.1. The summed E-state index contributed by atoms with van der Waals surface area (Å²) < 4.78 is 34.9. The molecule has 7 heteroatoms. The zero-order valence-electron chi connectivity index (χ0n) is 11.6. The first-order chi connectivity index (χ1) is 9.33. The third-order valence-corrected chi connectivity index (χ3v) is 4.21. The van der Waals surface area contributed by atoms with Crippen molar-refractivity contribution in [2.75, 3.05) is 0 Å². The molecule has 0 saturated carbocycles. The Balaban J connectivity index is 2.45. The fraction of sp³-hybridized carbons (Fsp3) is 0.692. The van der Waals surface area contributed by atoms with Crippen molar-refractivity contribution in [2.24, 2.45) is 5.92 Å². The molecule has 1 N–H and O–H groups in total. The molecule has 0 radical (unpaired) electrons. The molecule has 112 valence electrons. The molecule has 0 amide bonds. The van der Waals surface area contributed by atoms with Crippen molar-refractivity contribution in [3.05, 3.63) is 33.1 Å². The van der Waals surface area contributed by atoms with Crippen LogP contribution in [0.15, 0.2) is 21.9 Å². The maximum Gasteiger partial charge on any atom is 0.330 e. The van der Waals surface area contributed by atoms with Gasteiger partial charge in [0, 0.05) is 18.2 Å². The van der Waals surface area contributed by atoms with Gasteiger partial charge in [-0.3, -0.25) is 14.3 Å². The lowest BCUT2D eigenvalue weighted by atomic mass is 9.82. The predicted molar refractivity (Wildman–Crippen MR) is 69.1 cm³/mol. The third-order valence-electron chi connectivity index (χ3n) is 4.21. The standard InChI is InChI=1S/C13H18F2N2O3/c1-4-13(8(3)14)7(2)10(15)11(20-13)17-6-5-9(18)16-12(17)19/h5-8,10-11H,4H2,1-3H3,(H,16,18,19)/t7-,8-,10+,11+,13+/m0/s1. The number of H-pyrrole nitrogens is 1. The van der Waals surface area contributed by atoms with Gasteiger partial charge in [-0.25, -0.2) is 13.6 Å². The van der Waals surface area contributed by atoms with Gasteiger partial charge < -0.3 is 4.74 Å². The van der Waals surface area contributed by atoms with Crippen molar-refractivity contribution >= 4 is 0 Å². The average Bonchev–Trinajstić information content (AvgIpc) is 2.64. The molecule has 2 heterocycles. The molecule has 1 fully saturated rings. The number of aromatic amines is 1. The van der Waals surface area contributed by atoms with E-state index >= 15 is 0 Å². The van der Waals surface area contributed by atoms with Gasteiger partial charge in [0.15, 0.2) is 12.4 Å². The third kappa shape index (κ3) is 2.09. The summed E-state index contributed by atoms with van der Waals surface area (Å²) in [7, 11) is 0. The number of rotatable bonds is 3. The van der Waals surface area contributed by atoms with Crippen LogP contribution in [0.1, 0.15) is 33.4 Å². The van der Waals surface area contributed by atoms with Crippen molar-refractivity contribution in [1.29, 1.82) is 0 Å². The Hall–Kier alpha value is -1.50. The minimum absolute atomic E-state index is 0.293. The van der Waals surface area contributed by atoms with E-state index in [2.05, 4.69) is 0 Å². The number of nitrogens with zero attached hydrogens (tertiary/aromatic N) is 1. The summed E-state index contributed by atoms with van der Waals surface area (Å²) in [5.74, 6) is -0.698. The maximum absolute atomic E-state index is 14.4. The fourth-order valence-electron chi connectivity index (χ4n) is 2.89. The Labute approximate surface area is 114 Å². The van der Waals surface area contributed by atoms with E-state index in [0.29, 0.717) is 6.42 Å². The first kappa shape index (κ1) is 14.9. The summed E-state index contributed by atoms with van der Waals surface area (Å²) in [4.78, 5) is 24.8. The van der Waals surface area contributed by atoms with Crippen LogP contribution in [0.5, 0.6) is 0 Å². The van der Waals surface area contributed by atoms with Gasteiger partial charge >= 0.3 is 5.69 Å². The van der Waals surface area contributed by atoms with E-state index < -0.39 is 41.3 Å². The maximum atomic E-state index is 14.4. The van der Waals surface area contributed by atoms with Crippen LogP contribution >= 0.6 is 0 Å². The lowest BCUT2D eigenvalue weighted by Gasteiger charge is -2.33. The van der Waals surface area contributed by atoms with Gasteiger partial charge in [0.05, 0.1) is 0 Å². The largest absolute Gasteiger partial charge is 0.345 e. The summed E-state index contributed by atoms with van der Waals surface area (Å²) in [6.07, 6.45) is -2.67. The Morgan fingerprint density at radius 3 is 2.65 bits per heavy atom. The molecule has 1 aromatic rings. The summed E-state index contributed by atoms with van der Waals surface area (Å²) >= 11 is 0. The normalized spacial score (nSPS) is 35.1. The van der Waals surface area contributed by atoms with Crippen LogP contribution in [-0.2, 0) is 4.74 Å². The van der Waals surface area contributed by atoms with E-state index in [1.54, 1.807) is 13.8 Å². The van der Waals surface area contributed by atoms with Crippen molar-refractivity contribution in [2.45, 2.75) is 51.4 Å². The Morgan fingerprint density at radius 1 is 1.55 bits per heavy atom. The molecule has 0 bridgehead atoms. The number of alkyl halides is 2. The molecular formula is C13H18F2N2O3. The van der Waals surface area contributed by atoms with Crippen LogP contribution in [0.3, 0.4) is 0 Å². The SMILES string of the molecule is CC[C@@]1([C@H](C)F)O[C@@H](n2ccc(=O)[nH]c2=O)[C@H](F)[C@@H]1C. The second-order valence-electron chi connectivity index (χ2n) is 5.18. The Morgan fingerprint density at radius 2 is 2.20 bits per heavy atom. The number of nitrogens with one attached hydrogen (secondary N) is 1. The monoisotopic (exact) mass is 288 g/mol. The van der Waals surface area contributed by atoms with Crippen LogP contribution in [0.4, 0.5) is 8.78 Å². The van der Waals surface area contributed by atoms with Crippen molar-refractivity contribution in [3.63, 3.8) is 0 Å². The Bertz CT molecular complexity index is 598. The first-order valence-corrected chi connectivity index (χ1v) is 6.61. The number of hydrogen-bond donors (Lipinski definition) is 1. The summed E-state index contributed by atoms with van der Waals surface area (Å²) in [6.45, 7) is 4.61. The smallest absolute Gasteiger partial charge is 0.330 e. The van der Waals surface area contributed by atoms with E-state index in [4.69, 9.17) is 4.74 Å². The Kier molecular flexibility index (Phi) is 3.82. The molecule has 1 saturated heterocycles. The highest BCUT2D eigenvalue weighted by Crippen LogP contribution is 2.47. The van der Waals surface area contributed by atoms with Gasteiger partial charge in [-0.1, -0.05) is 13.8 Å². The van der Waals surface area contributed by atoms with Gasteiger partial charge in [0.1, 0.15) is 11.8 Å². The quantitative estimate of drug-likeness (QED) is 0.917. The minimum atomic E-state index is -1.53. The highest BCUT2D eigenvalue weighted by Gasteiger charge is 2.56. The van der Waals surface area contributed by atoms with Crippen LogP contribution in [0.2, 0.25) is 0 Å². The predicted octanol–water partition coefficient (Wildman–Crippen LogP) is 1.55. The van der Waals surface area contributed by atoms with Crippen molar-refractivity contribution in [1.82, 2.24) is 9.55 Å². The minimum Gasteiger partial charge on any atom is -0.345 e. The molecule has 1 aromatic heterocycles. The summed E-state index contributed by atoms with van der Waals surface area (Å²) in [5, 5.41) is 0. The van der Waals surface area contributed by atoms with E-state index in [-0.39, 0.29) is 0 Å². The molecular weight excluding hydrogens is 270 g/mol. The van der Waals surface area contributed by atoms with Gasteiger partial charge in [-0.05, 0) is 13.3 Å². The molecule has 0 unspecified atom stereocenters. The average molecular weight is 288 g/mol. The molecule has 0 spiro atoms. The number of halogens is 2. The van der Waals surface area contributed by atoms with E-state index in [1.807, 2.05) is 4.98 Å². The van der Waals surface area contributed by atoms with Crippen LogP contribution in [-0.4, -0.2) is 27.5 Å². The van der Waals surface area contributed by atoms with Crippen molar-refractivity contribution in [3.8, 4) is 0 Å². The molecule has 5 atom stereocenters. The van der Waals surface area contributed by atoms with Gasteiger partial charge in [0.25, 0.3) is 5.56 Å². The lowest BCUT2D eigenvalue weighted by Crippen LogP contribution is -2.43. The summed E-state index contributed by atoms with van der Waals surface area (Å²) in [5.41, 5.74) is -2.61. The van der Waals surface area contributed by atoms with Gasteiger partial charge in [-0.15, -0.1) is 0 Å². The molecule has 1 aliphatic rings. The molecule has 2 rings (SSSR count). The van der Waals surface area contributed by atoms with Crippen LogP contribution in [0.25, 0.3) is 0 Å². The second kappa shape index (κ2) is 5.12. The molecule has 20 heavy (non-hydrogen) atoms. The number of aromatic nitrogens is 2. The summed E-state index contributed by atoms with van der Waals surface area (Å²) in [6, 6.07) is 1.10. The number of hydrogen-bond acceptors (Lipinski definition) is 3. The zero-order valence-corrected chi connectivity index (χ0v) is 11.6. The first-order valence-electron chi connectivity index (χ1n) is 6.61. The zero-order chi connectivity index (χ0) is 15.1. The highest BCUT2D eigenvalue weighted by molar-refractivity contribution is 5.02. The van der Waals surface area contributed by atoms with Gasteiger partial charge in [-0.2, -0.15) is 0 Å². The van der Waals surface area contributed by atoms with E-state index in [0.717, 1.165) is 10.6 Å². The lowest BCUT2D eigenvalue weighted by molar-refractivity contribution is -0.126. The topological polar surface area (TPSA) is 64.1 Å². The fourth-order valence-corrected chi connectivity index (χ4v) is 2.89. The van der Waals surface area contributed by atoms with Crippen LogP contribution in [0, 0.1) is 5.92 Å². The van der Waals surface area contributed by atoms with Gasteiger partial charge in [0.2, 0.25) is 0 Å². The molecule has 0 aliphatic carbocycles. The second-order valence-corrected chi connectivity index (χ2v) is 5.18. The van der Waals surface area contributed by atoms with Crippen LogP contribution < -0.4 is 11.2 Å². The van der Waals surface area contributed by atoms with E-state index in [1.165, 1.54) is 13.1 Å².